The van der Waals surface area contributed by atoms with Gasteiger partial charge in [-0.3, -0.25) is 4.84 Å². The molecule has 6 heteroatoms. The third-order valence-corrected chi connectivity index (χ3v) is 4.46. The van der Waals surface area contributed by atoms with E-state index in [1.54, 1.807) is 20.8 Å². The lowest BCUT2D eigenvalue weighted by Crippen LogP contribution is -2.41. The molecule has 1 saturated heterocycles. The fraction of sp³-hybridized carbons (Fsp3) is 1.00. The van der Waals surface area contributed by atoms with Crippen molar-refractivity contribution >= 4 is 22.7 Å². The average molecular weight is 225 g/mol. The maximum Gasteiger partial charge on any atom is 0.240 e. The van der Waals surface area contributed by atoms with E-state index < -0.39 is 14.8 Å². The largest absolute Gasteiger partial charge is 0.283 e. The summed E-state index contributed by atoms with van der Waals surface area (Å²) >= 11 is 4.15. The molecule has 4 nitrogen and oxygen atoms in total. The van der Waals surface area contributed by atoms with Crippen LogP contribution in [0.2, 0.25) is 0 Å². The van der Waals surface area contributed by atoms with Crippen molar-refractivity contribution in [2.75, 3.05) is 13.2 Å². The van der Waals surface area contributed by atoms with Crippen LogP contribution in [0.5, 0.6) is 0 Å². The summed E-state index contributed by atoms with van der Waals surface area (Å²) in [5.41, 5.74) is 0. The molecule has 1 aliphatic heterocycles. The second-order valence-corrected chi connectivity index (χ2v) is 7.36. The number of sulfonamides is 1. The predicted octanol–water partition coefficient (Wildman–Crippen LogP) is 0.660. The Balaban J connectivity index is 2.84. The molecule has 0 spiro atoms. The molecule has 0 aliphatic carbocycles. The highest BCUT2D eigenvalue weighted by atomic mass is 32.2. The van der Waals surface area contributed by atoms with Crippen LogP contribution in [-0.2, 0) is 14.9 Å². The van der Waals surface area contributed by atoms with Crippen molar-refractivity contribution < 1.29 is 13.3 Å². The van der Waals surface area contributed by atoms with Crippen LogP contribution in [0.3, 0.4) is 0 Å². The molecule has 1 aliphatic rings. The van der Waals surface area contributed by atoms with Gasteiger partial charge in [-0.15, -0.1) is 0 Å². The maximum absolute atomic E-state index is 11.8. The first-order valence-electron chi connectivity index (χ1n) is 4.08. The molecule has 0 aromatic rings. The number of hydrogen-bond acceptors (Lipinski definition) is 4. The molecule has 1 rings (SSSR count). The topological polar surface area (TPSA) is 46.6 Å². The zero-order valence-electron chi connectivity index (χ0n) is 8.02. The Labute approximate surface area is 84.7 Å². The summed E-state index contributed by atoms with van der Waals surface area (Å²) in [7, 11) is -3.35. The van der Waals surface area contributed by atoms with Gasteiger partial charge < -0.3 is 0 Å². The lowest BCUT2D eigenvalue weighted by molar-refractivity contribution is -0.0301. The van der Waals surface area contributed by atoms with Crippen molar-refractivity contribution in [1.29, 1.82) is 0 Å². The molecule has 78 valence electrons. The van der Waals surface area contributed by atoms with Crippen LogP contribution in [0, 0.1) is 0 Å². The van der Waals surface area contributed by atoms with Gasteiger partial charge in [0.25, 0.3) is 0 Å². The third kappa shape index (κ3) is 2.18. The van der Waals surface area contributed by atoms with E-state index in [9.17, 15) is 8.42 Å². The average Bonchev–Trinajstić information content (AvgIpc) is 2.33. The summed E-state index contributed by atoms with van der Waals surface area (Å²) in [5, 5.41) is -0.0166. The smallest absolute Gasteiger partial charge is 0.240 e. The summed E-state index contributed by atoms with van der Waals surface area (Å²) in [6, 6.07) is 0. The molecular formula is C7H15NO3S2. The molecule has 0 aromatic carbocycles. The lowest BCUT2D eigenvalue weighted by atomic mass is 10.3. The fourth-order valence-electron chi connectivity index (χ4n) is 0.920. The van der Waals surface area contributed by atoms with Gasteiger partial charge in [0.1, 0.15) is 0 Å². The summed E-state index contributed by atoms with van der Waals surface area (Å²) in [6.07, 6.45) is 0. The number of rotatable bonds is 1. The third-order valence-electron chi connectivity index (χ3n) is 1.81. The van der Waals surface area contributed by atoms with Crippen molar-refractivity contribution in [2.24, 2.45) is 0 Å². The molecule has 0 bridgehead atoms. The minimum absolute atomic E-state index is 0.0166. The van der Waals surface area contributed by atoms with Crippen LogP contribution in [0.1, 0.15) is 20.8 Å². The van der Waals surface area contributed by atoms with Crippen LogP contribution in [-0.4, -0.2) is 36.0 Å². The molecule has 1 heterocycles. The molecule has 13 heavy (non-hydrogen) atoms. The first-order chi connectivity index (χ1) is 5.75. The second-order valence-electron chi connectivity index (χ2n) is 4.05. The predicted molar refractivity (Wildman–Crippen MR) is 54.1 cm³/mol. The molecule has 0 aromatic heterocycles. The lowest BCUT2D eigenvalue weighted by Gasteiger charge is -2.24. The molecule has 1 fully saturated rings. The molecule has 0 amide bonds. The van der Waals surface area contributed by atoms with E-state index >= 15 is 0 Å². The number of hydrogen-bond donors (Lipinski definition) is 1. The second kappa shape index (κ2) is 3.42. The Bertz CT molecular complexity index is 281. The van der Waals surface area contributed by atoms with Gasteiger partial charge in [0.05, 0.1) is 17.9 Å². The monoisotopic (exact) mass is 225 g/mol. The molecule has 0 N–H and O–H groups in total. The SMILES string of the molecule is CC(C)(C)S(=O)(=O)N1CC(S)CO1. The van der Waals surface area contributed by atoms with E-state index in [0.717, 1.165) is 4.47 Å². The Morgan fingerprint density at radius 3 is 2.31 bits per heavy atom. The van der Waals surface area contributed by atoms with Gasteiger partial charge in [0.15, 0.2) is 0 Å². The van der Waals surface area contributed by atoms with Crippen LogP contribution < -0.4 is 0 Å². The van der Waals surface area contributed by atoms with Crippen molar-refractivity contribution in [3.8, 4) is 0 Å². The van der Waals surface area contributed by atoms with Crippen LogP contribution in [0.15, 0.2) is 0 Å². The van der Waals surface area contributed by atoms with E-state index in [4.69, 9.17) is 4.84 Å². The van der Waals surface area contributed by atoms with Gasteiger partial charge in [-0.2, -0.15) is 12.6 Å². The molecule has 0 radical (unpaired) electrons. The van der Waals surface area contributed by atoms with E-state index in [1.807, 2.05) is 0 Å². The van der Waals surface area contributed by atoms with E-state index in [2.05, 4.69) is 12.6 Å². The number of thiol groups is 1. The van der Waals surface area contributed by atoms with Crippen LogP contribution in [0.25, 0.3) is 0 Å². The normalized spacial score (nSPS) is 26.6. The summed E-state index contributed by atoms with van der Waals surface area (Å²) in [4.78, 5) is 5.03. The molecule has 1 unspecified atom stereocenters. The number of nitrogens with zero attached hydrogens (tertiary/aromatic N) is 1. The van der Waals surface area contributed by atoms with E-state index in [-0.39, 0.29) is 5.25 Å². The van der Waals surface area contributed by atoms with Crippen molar-refractivity contribution in [1.82, 2.24) is 4.47 Å². The fourth-order valence-corrected chi connectivity index (χ4v) is 2.43. The van der Waals surface area contributed by atoms with Gasteiger partial charge in [0, 0.05) is 5.25 Å². The Morgan fingerprint density at radius 2 is 2.00 bits per heavy atom. The Kier molecular flexibility index (Phi) is 2.97. The Morgan fingerprint density at radius 1 is 1.46 bits per heavy atom. The van der Waals surface area contributed by atoms with E-state index in [1.165, 1.54) is 0 Å². The minimum Gasteiger partial charge on any atom is -0.283 e. The summed E-state index contributed by atoms with van der Waals surface area (Å²) in [6.45, 7) is 5.65. The zero-order chi connectivity index (χ0) is 10.3. The first kappa shape index (κ1) is 11.3. The van der Waals surface area contributed by atoms with Gasteiger partial charge in [0.2, 0.25) is 10.0 Å². The van der Waals surface area contributed by atoms with Crippen LogP contribution >= 0.6 is 12.6 Å². The highest BCUT2D eigenvalue weighted by Crippen LogP contribution is 2.24. The van der Waals surface area contributed by atoms with Crippen molar-refractivity contribution in [3.05, 3.63) is 0 Å². The molecular weight excluding hydrogens is 210 g/mol. The summed E-state index contributed by atoms with van der Waals surface area (Å²) in [5.74, 6) is 0. The summed E-state index contributed by atoms with van der Waals surface area (Å²) < 4.78 is 23.8. The van der Waals surface area contributed by atoms with Crippen molar-refractivity contribution in [3.63, 3.8) is 0 Å². The van der Waals surface area contributed by atoms with Crippen molar-refractivity contribution in [2.45, 2.75) is 30.8 Å². The first-order valence-corrected chi connectivity index (χ1v) is 6.04. The molecule has 0 saturated carbocycles. The van der Waals surface area contributed by atoms with E-state index in [0.29, 0.717) is 13.2 Å². The highest BCUT2D eigenvalue weighted by Gasteiger charge is 2.39. The van der Waals surface area contributed by atoms with Crippen LogP contribution in [0.4, 0.5) is 0 Å². The van der Waals surface area contributed by atoms with Gasteiger partial charge in [-0.25, -0.2) is 8.42 Å². The zero-order valence-corrected chi connectivity index (χ0v) is 9.73. The maximum atomic E-state index is 11.8. The van der Waals surface area contributed by atoms with Gasteiger partial charge in [-0.1, -0.05) is 4.47 Å². The molecule has 1 atom stereocenters. The van der Waals surface area contributed by atoms with Gasteiger partial charge in [-0.05, 0) is 20.8 Å². The van der Waals surface area contributed by atoms with Gasteiger partial charge >= 0.3 is 0 Å². The standard InChI is InChI=1S/C7H15NO3S2/c1-7(2,3)13(9,10)8-4-6(12)5-11-8/h6,12H,4-5H2,1-3H3. The Hall–Kier alpha value is 0.220. The number of hydroxylamine groups is 1. The minimum atomic E-state index is -3.35. The highest BCUT2D eigenvalue weighted by molar-refractivity contribution is 7.90. The quantitative estimate of drug-likeness (QED) is 0.667.